The lowest BCUT2D eigenvalue weighted by Crippen LogP contribution is -1.96. The first-order valence-corrected chi connectivity index (χ1v) is 6.24. The van der Waals surface area contributed by atoms with Gasteiger partial charge < -0.3 is 4.57 Å². The molecule has 0 bridgehead atoms. The van der Waals surface area contributed by atoms with Crippen molar-refractivity contribution in [1.82, 2.24) is 14.3 Å². The second kappa shape index (κ2) is 4.04. The first kappa shape index (κ1) is 10.6. The molecule has 0 spiro atoms. The molecule has 4 heteroatoms. The van der Waals surface area contributed by atoms with Crippen molar-refractivity contribution in [2.45, 2.75) is 6.54 Å². The molecule has 0 amide bonds. The van der Waals surface area contributed by atoms with Crippen LogP contribution in [0.25, 0.3) is 10.9 Å². The van der Waals surface area contributed by atoms with Crippen LogP contribution < -0.4 is 0 Å². The van der Waals surface area contributed by atoms with Gasteiger partial charge in [0.25, 0.3) is 0 Å². The van der Waals surface area contributed by atoms with Crippen molar-refractivity contribution in [3.8, 4) is 0 Å². The summed E-state index contributed by atoms with van der Waals surface area (Å²) in [6.07, 6.45) is 6.07. The van der Waals surface area contributed by atoms with E-state index in [1.165, 1.54) is 16.5 Å². The van der Waals surface area contributed by atoms with Gasteiger partial charge in [-0.15, -0.1) is 0 Å². The summed E-state index contributed by atoms with van der Waals surface area (Å²) >= 11 is 3.57. The van der Waals surface area contributed by atoms with E-state index in [-0.39, 0.29) is 0 Å². The lowest BCUT2D eigenvalue weighted by molar-refractivity contribution is 0.764. The maximum atomic E-state index is 4.19. The Morgan fingerprint density at radius 3 is 2.94 bits per heavy atom. The number of aryl methyl sites for hydroxylation is 1. The summed E-state index contributed by atoms with van der Waals surface area (Å²) in [4.78, 5) is 0. The second-order valence-corrected chi connectivity index (χ2v) is 4.99. The van der Waals surface area contributed by atoms with Gasteiger partial charge in [-0.25, -0.2) is 0 Å². The number of benzene rings is 1. The fourth-order valence-electron chi connectivity index (χ4n) is 2.07. The number of hydrogen-bond acceptors (Lipinski definition) is 1. The topological polar surface area (TPSA) is 22.8 Å². The number of rotatable bonds is 2. The van der Waals surface area contributed by atoms with Gasteiger partial charge in [-0.1, -0.05) is 22.0 Å². The van der Waals surface area contributed by atoms with Crippen LogP contribution in [0.5, 0.6) is 0 Å². The normalized spacial score (nSPS) is 11.2. The van der Waals surface area contributed by atoms with Gasteiger partial charge in [0, 0.05) is 40.4 Å². The predicted molar refractivity (Wildman–Crippen MR) is 71.9 cm³/mol. The van der Waals surface area contributed by atoms with E-state index in [1.54, 1.807) is 0 Å². The molecule has 0 aliphatic rings. The molecule has 0 saturated heterocycles. The maximum absolute atomic E-state index is 4.19. The quantitative estimate of drug-likeness (QED) is 0.710. The van der Waals surface area contributed by atoms with Gasteiger partial charge in [0.15, 0.2) is 0 Å². The van der Waals surface area contributed by atoms with Crippen LogP contribution in [0.2, 0.25) is 0 Å². The van der Waals surface area contributed by atoms with Crippen molar-refractivity contribution in [2.24, 2.45) is 7.05 Å². The fourth-order valence-corrected chi connectivity index (χ4v) is 2.56. The molecule has 17 heavy (non-hydrogen) atoms. The molecule has 3 rings (SSSR count). The highest BCUT2D eigenvalue weighted by molar-refractivity contribution is 9.10. The Hall–Kier alpha value is -1.55. The molecule has 0 unspecified atom stereocenters. The Bertz CT molecular complexity index is 666. The summed E-state index contributed by atoms with van der Waals surface area (Å²) in [5, 5.41) is 5.44. The minimum absolute atomic E-state index is 0.855. The molecule has 0 N–H and O–H groups in total. The molecule has 2 aromatic heterocycles. The third-order valence-electron chi connectivity index (χ3n) is 2.87. The van der Waals surface area contributed by atoms with Crippen LogP contribution in [-0.2, 0) is 13.6 Å². The fraction of sp³-hybridized carbons (Fsp3) is 0.154. The van der Waals surface area contributed by atoms with Crippen LogP contribution in [-0.4, -0.2) is 14.3 Å². The van der Waals surface area contributed by atoms with Gasteiger partial charge in [0.1, 0.15) is 0 Å². The summed E-state index contributed by atoms with van der Waals surface area (Å²) < 4.78 is 5.20. The molecule has 0 fully saturated rings. The van der Waals surface area contributed by atoms with Crippen molar-refractivity contribution >= 4 is 26.8 Å². The van der Waals surface area contributed by atoms with E-state index in [1.807, 2.05) is 24.1 Å². The minimum atomic E-state index is 0.855. The van der Waals surface area contributed by atoms with Crippen molar-refractivity contribution < 1.29 is 0 Å². The molecule has 3 aromatic rings. The molecule has 0 aliphatic carbocycles. The maximum Gasteiger partial charge on any atom is 0.0539 e. The van der Waals surface area contributed by atoms with E-state index in [9.17, 15) is 0 Å². The predicted octanol–water partition coefficient (Wildman–Crippen LogP) is 3.19. The SMILES string of the molecule is Cn1cc(Cn2ccc3c(Br)cccc32)cn1. The van der Waals surface area contributed by atoms with Crippen molar-refractivity contribution in [3.63, 3.8) is 0 Å². The van der Waals surface area contributed by atoms with E-state index in [4.69, 9.17) is 0 Å². The van der Waals surface area contributed by atoms with Crippen LogP contribution >= 0.6 is 15.9 Å². The zero-order valence-electron chi connectivity index (χ0n) is 9.47. The van der Waals surface area contributed by atoms with Gasteiger partial charge >= 0.3 is 0 Å². The minimum Gasteiger partial charge on any atom is -0.343 e. The first-order valence-electron chi connectivity index (χ1n) is 5.45. The van der Waals surface area contributed by atoms with Crippen LogP contribution in [0, 0.1) is 0 Å². The Morgan fingerprint density at radius 2 is 2.18 bits per heavy atom. The summed E-state index contributed by atoms with van der Waals surface area (Å²) in [5.74, 6) is 0. The summed E-state index contributed by atoms with van der Waals surface area (Å²) in [5.41, 5.74) is 2.45. The number of nitrogens with zero attached hydrogens (tertiary/aromatic N) is 3. The van der Waals surface area contributed by atoms with Gasteiger partial charge in [-0.05, 0) is 18.2 Å². The molecule has 3 nitrogen and oxygen atoms in total. The molecule has 0 aliphatic heterocycles. The smallest absolute Gasteiger partial charge is 0.0539 e. The zero-order chi connectivity index (χ0) is 11.8. The highest BCUT2D eigenvalue weighted by atomic mass is 79.9. The highest BCUT2D eigenvalue weighted by Crippen LogP contribution is 2.25. The summed E-state index contributed by atoms with van der Waals surface area (Å²) in [7, 11) is 1.94. The molecule has 0 atom stereocenters. The van der Waals surface area contributed by atoms with Gasteiger partial charge in [-0.2, -0.15) is 5.10 Å². The van der Waals surface area contributed by atoms with Crippen LogP contribution in [0.15, 0.2) is 47.3 Å². The van der Waals surface area contributed by atoms with Crippen LogP contribution in [0.1, 0.15) is 5.56 Å². The Morgan fingerprint density at radius 1 is 1.29 bits per heavy atom. The number of fused-ring (bicyclic) bond motifs is 1. The number of halogens is 1. The molecule has 86 valence electrons. The summed E-state index contributed by atoms with van der Waals surface area (Å²) in [6.45, 7) is 0.855. The van der Waals surface area contributed by atoms with E-state index >= 15 is 0 Å². The van der Waals surface area contributed by atoms with Crippen molar-refractivity contribution in [1.29, 1.82) is 0 Å². The second-order valence-electron chi connectivity index (χ2n) is 4.14. The van der Waals surface area contributed by atoms with E-state index in [0.717, 1.165) is 11.0 Å². The van der Waals surface area contributed by atoms with E-state index in [2.05, 4.69) is 56.1 Å². The Kier molecular flexibility index (Phi) is 2.52. The van der Waals surface area contributed by atoms with Crippen LogP contribution in [0.4, 0.5) is 0 Å². The molecule has 1 aromatic carbocycles. The van der Waals surface area contributed by atoms with Gasteiger partial charge in [-0.3, -0.25) is 4.68 Å². The highest BCUT2D eigenvalue weighted by Gasteiger charge is 2.04. The molecule has 0 saturated carbocycles. The standard InChI is InChI=1S/C13H12BrN3/c1-16-8-10(7-15-16)9-17-6-5-11-12(14)3-2-4-13(11)17/h2-8H,9H2,1H3. The number of hydrogen-bond donors (Lipinski definition) is 0. The van der Waals surface area contributed by atoms with E-state index in [0.29, 0.717) is 0 Å². The first-order chi connectivity index (χ1) is 8.24. The lowest BCUT2D eigenvalue weighted by atomic mass is 10.2. The van der Waals surface area contributed by atoms with Crippen molar-refractivity contribution in [3.05, 3.63) is 52.9 Å². The van der Waals surface area contributed by atoms with Crippen molar-refractivity contribution in [2.75, 3.05) is 0 Å². The van der Waals surface area contributed by atoms with Crippen LogP contribution in [0.3, 0.4) is 0 Å². The largest absolute Gasteiger partial charge is 0.343 e. The molecular weight excluding hydrogens is 278 g/mol. The Labute approximate surface area is 108 Å². The van der Waals surface area contributed by atoms with Gasteiger partial charge in [0.2, 0.25) is 0 Å². The summed E-state index contributed by atoms with van der Waals surface area (Å²) in [6, 6.07) is 8.40. The lowest BCUT2D eigenvalue weighted by Gasteiger charge is -2.03. The average Bonchev–Trinajstić information content (AvgIpc) is 2.88. The average molecular weight is 290 g/mol. The Balaban J connectivity index is 2.04. The molecular formula is C13H12BrN3. The molecule has 0 radical (unpaired) electrons. The number of aromatic nitrogens is 3. The molecule has 2 heterocycles. The zero-order valence-corrected chi connectivity index (χ0v) is 11.1. The van der Waals surface area contributed by atoms with Gasteiger partial charge in [0.05, 0.1) is 12.7 Å². The van der Waals surface area contributed by atoms with E-state index < -0.39 is 0 Å². The monoisotopic (exact) mass is 289 g/mol. The third kappa shape index (κ3) is 1.89. The third-order valence-corrected chi connectivity index (χ3v) is 3.56.